The fraction of sp³-hybridized carbons (Fsp3) is 1.00. The number of hydrogen-bond donors (Lipinski definition) is 2. The zero-order valence-electron chi connectivity index (χ0n) is 14.3. The van der Waals surface area contributed by atoms with Crippen LogP contribution in [0.15, 0.2) is 0 Å². The highest BCUT2D eigenvalue weighted by molar-refractivity contribution is 8.18. The molecule has 0 aromatic carbocycles. The Hall–Kier alpha value is 1.24. The van der Waals surface area contributed by atoms with Gasteiger partial charge >= 0.3 is 0 Å². The predicted molar refractivity (Wildman–Crippen MR) is 109 cm³/mol. The molecule has 0 radical (unpaired) electrons. The minimum atomic E-state index is 0.185. The van der Waals surface area contributed by atoms with Crippen LogP contribution in [0.5, 0.6) is 0 Å². The molecular weight excluding hydrogens is 372 g/mol. The van der Waals surface area contributed by atoms with Crippen LogP contribution in [0.1, 0.15) is 13.8 Å². The molecule has 0 aromatic rings. The first kappa shape index (κ1) is 24.2. The topological polar surface area (TPSA) is 58.9 Å². The average Bonchev–Trinajstić information content (AvgIpc) is 2.52. The molecular formula is C15H32O4S4. The van der Waals surface area contributed by atoms with Gasteiger partial charge in [-0.2, -0.15) is 23.5 Å². The molecule has 0 atom stereocenters. The number of hydrogen-bond acceptors (Lipinski definition) is 8. The summed E-state index contributed by atoms with van der Waals surface area (Å²) >= 11 is 7.30. The van der Waals surface area contributed by atoms with E-state index in [1.807, 2.05) is 23.5 Å². The lowest BCUT2D eigenvalue weighted by atomic mass is 10.5. The van der Waals surface area contributed by atoms with E-state index in [2.05, 4.69) is 13.8 Å². The second-order valence-electron chi connectivity index (χ2n) is 4.99. The van der Waals surface area contributed by atoms with Gasteiger partial charge in [-0.3, -0.25) is 0 Å². The summed E-state index contributed by atoms with van der Waals surface area (Å²) in [4.78, 5) is 0. The maximum Gasteiger partial charge on any atom is 0.0557 e. The van der Waals surface area contributed by atoms with Crippen molar-refractivity contribution in [2.75, 3.05) is 74.2 Å². The summed E-state index contributed by atoms with van der Waals surface area (Å²) in [7, 11) is 0. The number of aliphatic hydroxyl groups excluding tert-OH is 2. The summed E-state index contributed by atoms with van der Waals surface area (Å²) in [6.07, 6.45) is 0. The molecule has 0 saturated heterocycles. The molecule has 8 heteroatoms. The zero-order valence-corrected chi connectivity index (χ0v) is 17.6. The van der Waals surface area contributed by atoms with Gasteiger partial charge < -0.3 is 19.7 Å². The fourth-order valence-electron chi connectivity index (χ4n) is 1.51. The lowest BCUT2D eigenvalue weighted by Crippen LogP contribution is -2.15. The Kier molecular flexibility index (Phi) is 19.0. The molecule has 0 amide bonds. The van der Waals surface area contributed by atoms with Crippen molar-refractivity contribution in [3.05, 3.63) is 0 Å². The first-order valence-corrected chi connectivity index (χ1v) is 12.2. The van der Waals surface area contributed by atoms with Gasteiger partial charge in [-0.15, -0.1) is 23.5 Å². The van der Waals surface area contributed by atoms with Crippen LogP contribution in [-0.2, 0) is 9.47 Å². The van der Waals surface area contributed by atoms with Crippen LogP contribution in [-0.4, -0.2) is 88.5 Å². The molecule has 0 heterocycles. The highest BCUT2D eigenvalue weighted by Gasteiger charge is 2.18. The Balaban J connectivity index is 3.33. The highest BCUT2D eigenvalue weighted by Crippen LogP contribution is 2.35. The molecule has 0 rings (SSSR count). The minimum Gasteiger partial charge on any atom is -0.396 e. The molecule has 0 unspecified atom stereocenters. The molecule has 0 aliphatic heterocycles. The fourth-order valence-corrected chi connectivity index (χ4v) is 4.86. The lowest BCUT2D eigenvalue weighted by Gasteiger charge is -2.23. The third kappa shape index (κ3) is 19.4. The maximum absolute atomic E-state index is 8.66. The van der Waals surface area contributed by atoms with E-state index in [1.165, 1.54) is 0 Å². The van der Waals surface area contributed by atoms with E-state index in [0.717, 1.165) is 60.9 Å². The molecule has 23 heavy (non-hydrogen) atoms. The molecule has 2 N–H and O–H groups in total. The summed E-state index contributed by atoms with van der Waals surface area (Å²) in [5, 5.41) is 17.3. The second kappa shape index (κ2) is 18.0. The first-order chi connectivity index (χ1) is 11.1. The van der Waals surface area contributed by atoms with Crippen LogP contribution in [0.25, 0.3) is 0 Å². The molecule has 140 valence electrons. The highest BCUT2D eigenvalue weighted by atomic mass is 32.2. The molecule has 0 saturated carbocycles. The van der Waals surface area contributed by atoms with Crippen molar-refractivity contribution < 1.29 is 19.7 Å². The summed E-state index contributed by atoms with van der Waals surface area (Å²) in [5.74, 6) is 5.51. The lowest BCUT2D eigenvalue weighted by molar-refractivity contribution is 0.167. The Morgan fingerprint density at radius 2 is 1.04 bits per heavy atom. The van der Waals surface area contributed by atoms with Crippen molar-refractivity contribution in [2.45, 2.75) is 17.9 Å². The molecule has 0 spiro atoms. The summed E-state index contributed by atoms with van der Waals surface area (Å²) in [6.45, 7) is 8.09. The smallest absolute Gasteiger partial charge is 0.0557 e. The summed E-state index contributed by atoms with van der Waals surface area (Å²) in [6, 6.07) is 0. The average molecular weight is 405 g/mol. The number of ether oxygens (including phenoxy) is 2. The largest absolute Gasteiger partial charge is 0.396 e. The van der Waals surface area contributed by atoms with Gasteiger partial charge in [0.05, 0.1) is 43.7 Å². The Morgan fingerprint density at radius 1 is 0.652 bits per heavy atom. The van der Waals surface area contributed by atoms with E-state index in [9.17, 15) is 0 Å². The van der Waals surface area contributed by atoms with E-state index in [4.69, 9.17) is 19.7 Å². The van der Waals surface area contributed by atoms with Gasteiger partial charge in [0.2, 0.25) is 0 Å². The standard InChI is InChI=1S/C15H32O4S4/c1-15(2,22-13-7-18-5-11-20-9-3-16)23-14-8-19-6-12-21-10-4-17/h16-17H,3-14H2,1-2H3. The van der Waals surface area contributed by atoms with Gasteiger partial charge in [0.25, 0.3) is 0 Å². The molecule has 0 aromatic heterocycles. The van der Waals surface area contributed by atoms with Gasteiger partial charge in [0, 0.05) is 34.5 Å². The number of thioether (sulfide) groups is 4. The van der Waals surface area contributed by atoms with Gasteiger partial charge in [-0.05, 0) is 13.8 Å². The predicted octanol–water partition coefficient (Wildman–Crippen LogP) is 2.67. The van der Waals surface area contributed by atoms with E-state index >= 15 is 0 Å². The van der Waals surface area contributed by atoms with Crippen LogP contribution in [0.3, 0.4) is 0 Å². The van der Waals surface area contributed by atoms with Crippen molar-refractivity contribution in [3.63, 3.8) is 0 Å². The number of rotatable bonds is 18. The van der Waals surface area contributed by atoms with Crippen LogP contribution in [0.2, 0.25) is 0 Å². The SMILES string of the molecule is CC(C)(SCCOCCSCCO)SCCOCCSCCO. The van der Waals surface area contributed by atoms with Gasteiger partial charge in [-0.1, -0.05) is 0 Å². The van der Waals surface area contributed by atoms with Crippen molar-refractivity contribution in [3.8, 4) is 0 Å². The third-order valence-corrected chi connectivity index (χ3v) is 7.26. The van der Waals surface area contributed by atoms with E-state index in [1.54, 1.807) is 23.5 Å². The van der Waals surface area contributed by atoms with E-state index in [-0.39, 0.29) is 17.3 Å². The Labute approximate surface area is 158 Å². The third-order valence-electron chi connectivity index (χ3n) is 2.57. The first-order valence-electron chi connectivity index (χ1n) is 7.93. The molecule has 0 fully saturated rings. The van der Waals surface area contributed by atoms with Gasteiger partial charge in [-0.25, -0.2) is 0 Å². The van der Waals surface area contributed by atoms with Crippen molar-refractivity contribution in [1.82, 2.24) is 0 Å². The summed E-state index contributed by atoms with van der Waals surface area (Å²) in [5.41, 5.74) is 0. The molecule has 4 nitrogen and oxygen atoms in total. The Morgan fingerprint density at radius 3 is 1.43 bits per heavy atom. The quantitative estimate of drug-likeness (QED) is 0.267. The monoisotopic (exact) mass is 404 g/mol. The van der Waals surface area contributed by atoms with E-state index < -0.39 is 0 Å². The molecule has 0 bridgehead atoms. The second-order valence-corrected chi connectivity index (χ2v) is 11.1. The van der Waals surface area contributed by atoms with Gasteiger partial charge in [0.15, 0.2) is 0 Å². The normalized spacial score (nSPS) is 12.0. The summed E-state index contributed by atoms with van der Waals surface area (Å²) < 4.78 is 11.4. The zero-order chi connectivity index (χ0) is 17.2. The van der Waals surface area contributed by atoms with Crippen LogP contribution >= 0.6 is 47.0 Å². The van der Waals surface area contributed by atoms with E-state index in [0.29, 0.717) is 0 Å². The van der Waals surface area contributed by atoms with Crippen molar-refractivity contribution in [2.24, 2.45) is 0 Å². The van der Waals surface area contributed by atoms with Crippen LogP contribution < -0.4 is 0 Å². The number of aliphatic hydroxyl groups is 2. The Bertz CT molecular complexity index is 224. The van der Waals surface area contributed by atoms with Gasteiger partial charge in [0.1, 0.15) is 0 Å². The van der Waals surface area contributed by atoms with Crippen molar-refractivity contribution in [1.29, 1.82) is 0 Å². The maximum atomic E-state index is 8.66. The van der Waals surface area contributed by atoms with Crippen LogP contribution in [0.4, 0.5) is 0 Å². The molecule has 0 aliphatic rings. The molecule has 0 aliphatic carbocycles. The minimum absolute atomic E-state index is 0.185. The van der Waals surface area contributed by atoms with Crippen LogP contribution in [0, 0.1) is 0 Å². The van der Waals surface area contributed by atoms with Crippen molar-refractivity contribution >= 4 is 47.0 Å².